The number of aromatic nitrogens is 1. The van der Waals surface area contributed by atoms with Gasteiger partial charge < -0.3 is 5.32 Å². The Morgan fingerprint density at radius 3 is 2.65 bits per heavy atom. The molecular formula is C22H25N3O3S3. The van der Waals surface area contributed by atoms with Crippen molar-refractivity contribution in [3.63, 3.8) is 0 Å². The lowest BCUT2D eigenvalue weighted by molar-refractivity contribution is -0.126. The molecule has 1 aromatic carbocycles. The molecule has 0 unspecified atom stereocenters. The van der Waals surface area contributed by atoms with Crippen molar-refractivity contribution in [1.29, 1.82) is 0 Å². The second kappa shape index (κ2) is 9.60. The van der Waals surface area contributed by atoms with Gasteiger partial charge in [0.1, 0.15) is 5.01 Å². The fourth-order valence-electron chi connectivity index (χ4n) is 3.77. The maximum atomic E-state index is 13.1. The smallest absolute Gasteiger partial charge is 0.243 e. The van der Waals surface area contributed by atoms with E-state index in [1.165, 1.54) is 4.31 Å². The van der Waals surface area contributed by atoms with Gasteiger partial charge in [-0.2, -0.15) is 4.31 Å². The number of thiophene rings is 1. The summed E-state index contributed by atoms with van der Waals surface area (Å²) in [4.78, 5) is 18.7. The number of amides is 1. The van der Waals surface area contributed by atoms with Crippen LogP contribution in [0.25, 0.3) is 9.88 Å². The molecule has 0 saturated carbocycles. The van der Waals surface area contributed by atoms with Crippen LogP contribution in [-0.2, 0) is 27.8 Å². The molecule has 3 heterocycles. The molecule has 1 amide bonds. The summed E-state index contributed by atoms with van der Waals surface area (Å²) in [6.07, 6.45) is 1.72. The minimum Gasteiger partial charge on any atom is -0.350 e. The van der Waals surface area contributed by atoms with E-state index in [1.807, 2.05) is 41.9 Å². The quantitative estimate of drug-likeness (QED) is 0.557. The summed E-state index contributed by atoms with van der Waals surface area (Å²) in [5.41, 5.74) is 1.67. The third kappa shape index (κ3) is 4.90. The van der Waals surface area contributed by atoms with E-state index in [4.69, 9.17) is 0 Å². The third-order valence-electron chi connectivity index (χ3n) is 5.52. The molecule has 1 N–H and O–H groups in total. The molecular weight excluding hydrogens is 450 g/mol. The predicted octanol–water partition coefficient (Wildman–Crippen LogP) is 4.15. The Labute approximate surface area is 191 Å². The Hall–Kier alpha value is -2.07. The summed E-state index contributed by atoms with van der Waals surface area (Å²) in [5, 5.41) is 7.92. The molecule has 3 aromatic rings. The first-order valence-corrected chi connectivity index (χ1v) is 13.5. The Bertz CT molecular complexity index is 1130. The van der Waals surface area contributed by atoms with Gasteiger partial charge in [-0.05, 0) is 42.3 Å². The second-order valence-electron chi connectivity index (χ2n) is 7.48. The van der Waals surface area contributed by atoms with E-state index in [0.717, 1.165) is 21.1 Å². The maximum absolute atomic E-state index is 13.1. The summed E-state index contributed by atoms with van der Waals surface area (Å²) in [7, 11) is -3.53. The van der Waals surface area contributed by atoms with Crippen LogP contribution in [0.15, 0.2) is 52.1 Å². The van der Waals surface area contributed by atoms with Crippen LogP contribution in [0.3, 0.4) is 0 Å². The molecule has 0 bridgehead atoms. The molecule has 0 radical (unpaired) electrons. The van der Waals surface area contributed by atoms with E-state index in [1.54, 1.807) is 34.8 Å². The van der Waals surface area contributed by atoms with Crippen molar-refractivity contribution in [3.05, 3.63) is 58.4 Å². The van der Waals surface area contributed by atoms with Crippen molar-refractivity contribution in [2.75, 3.05) is 13.1 Å². The molecule has 1 fully saturated rings. The maximum Gasteiger partial charge on any atom is 0.243 e. The van der Waals surface area contributed by atoms with Gasteiger partial charge in [0.05, 0.1) is 22.0 Å². The first-order valence-electron chi connectivity index (χ1n) is 10.3. The van der Waals surface area contributed by atoms with Crippen molar-refractivity contribution in [3.8, 4) is 9.88 Å². The number of benzene rings is 1. The Morgan fingerprint density at radius 2 is 1.94 bits per heavy atom. The summed E-state index contributed by atoms with van der Waals surface area (Å²) in [6, 6.07) is 11.2. The van der Waals surface area contributed by atoms with Gasteiger partial charge in [0, 0.05) is 24.4 Å². The zero-order valence-electron chi connectivity index (χ0n) is 17.3. The average Bonchev–Trinajstić information content (AvgIpc) is 3.49. The fourth-order valence-corrected chi connectivity index (χ4v) is 7.17. The van der Waals surface area contributed by atoms with E-state index >= 15 is 0 Å². The predicted molar refractivity (Wildman–Crippen MR) is 125 cm³/mol. The van der Waals surface area contributed by atoms with Crippen LogP contribution in [0.5, 0.6) is 0 Å². The molecule has 1 saturated heterocycles. The lowest BCUT2D eigenvalue weighted by Gasteiger charge is -2.31. The number of nitrogens with one attached hydrogen (secondary N) is 1. The van der Waals surface area contributed by atoms with Gasteiger partial charge in [-0.1, -0.05) is 31.2 Å². The Morgan fingerprint density at radius 1 is 1.16 bits per heavy atom. The molecule has 164 valence electrons. The second-order valence-corrected chi connectivity index (χ2v) is 11.2. The number of hydrogen-bond donors (Lipinski definition) is 1. The minimum atomic E-state index is -3.53. The molecule has 6 nitrogen and oxygen atoms in total. The van der Waals surface area contributed by atoms with Crippen LogP contribution >= 0.6 is 22.7 Å². The van der Waals surface area contributed by atoms with Crippen LogP contribution in [-0.4, -0.2) is 36.7 Å². The minimum absolute atomic E-state index is 0.0309. The van der Waals surface area contributed by atoms with Gasteiger partial charge >= 0.3 is 0 Å². The molecule has 2 aromatic heterocycles. The molecule has 0 spiro atoms. The number of thiazole rings is 1. The normalized spacial score (nSPS) is 15.8. The highest BCUT2D eigenvalue weighted by Gasteiger charge is 2.32. The first-order chi connectivity index (χ1) is 15.0. The molecule has 31 heavy (non-hydrogen) atoms. The summed E-state index contributed by atoms with van der Waals surface area (Å²) < 4.78 is 27.7. The van der Waals surface area contributed by atoms with Crippen LogP contribution in [0, 0.1) is 5.92 Å². The number of piperidine rings is 1. The molecule has 1 aliphatic heterocycles. The van der Waals surface area contributed by atoms with Crippen molar-refractivity contribution < 1.29 is 13.2 Å². The molecule has 1 aliphatic rings. The van der Waals surface area contributed by atoms with Crippen LogP contribution in [0.1, 0.15) is 31.0 Å². The van der Waals surface area contributed by atoms with Crippen LogP contribution in [0.2, 0.25) is 0 Å². The highest BCUT2D eigenvalue weighted by molar-refractivity contribution is 7.89. The number of nitrogens with zero attached hydrogens (tertiary/aromatic N) is 2. The van der Waals surface area contributed by atoms with Gasteiger partial charge in [0.25, 0.3) is 0 Å². The number of sulfonamides is 1. The number of carbonyl (C=O) groups is 1. The van der Waals surface area contributed by atoms with Crippen molar-refractivity contribution in [1.82, 2.24) is 14.6 Å². The number of hydrogen-bond acceptors (Lipinski definition) is 6. The van der Waals surface area contributed by atoms with Crippen molar-refractivity contribution >= 4 is 38.6 Å². The van der Waals surface area contributed by atoms with E-state index < -0.39 is 10.0 Å². The Balaban J connectivity index is 1.32. The van der Waals surface area contributed by atoms with E-state index in [2.05, 4.69) is 10.3 Å². The molecule has 4 rings (SSSR count). The summed E-state index contributed by atoms with van der Waals surface area (Å²) >= 11 is 3.22. The van der Waals surface area contributed by atoms with E-state index in [0.29, 0.717) is 43.8 Å². The molecule has 0 atom stereocenters. The highest BCUT2D eigenvalue weighted by atomic mass is 32.2. The van der Waals surface area contributed by atoms with E-state index in [-0.39, 0.29) is 11.8 Å². The largest absolute Gasteiger partial charge is 0.350 e. The van der Waals surface area contributed by atoms with Gasteiger partial charge in [-0.3, -0.25) is 4.79 Å². The van der Waals surface area contributed by atoms with Gasteiger partial charge in [0.2, 0.25) is 15.9 Å². The lowest BCUT2D eigenvalue weighted by atomic mass is 9.97. The molecule has 0 aliphatic carbocycles. The standard InChI is InChI=1S/C22H25N3O3S3/c1-2-16-6-3-4-8-20(16)31(27,28)25-11-9-17(10-12-25)21(26)23-14-18-15-30-22(24-18)19-7-5-13-29-19/h3-8,13,15,17H,2,9-12,14H2,1H3,(H,23,26). The zero-order chi connectivity index (χ0) is 21.8. The molecule has 9 heteroatoms. The number of aryl methyl sites for hydroxylation is 1. The van der Waals surface area contributed by atoms with Crippen LogP contribution < -0.4 is 5.32 Å². The number of rotatable bonds is 7. The number of carbonyl (C=O) groups excluding carboxylic acids is 1. The summed E-state index contributed by atoms with van der Waals surface area (Å²) in [6.45, 7) is 3.06. The monoisotopic (exact) mass is 475 g/mol. The SMILES string of the molecule is CCc1ccccc1S(=O)(=O)N1CCC(C(=O)NCc2csc(-c3cccs3)n2)CC1. The highest BCUT2D eigenvalue weighted by Crippen LogP contribution is 2.28. The first kappa shape index (κ1) is 22.1. The fraction of sp³-hybridized carbons (Fsp3) is 0.364. The lowest BCUT2D eigenvalue weighted by Crippen LogP contribution is -2.43. The van der Waals surface area contributed by atoms with Crippen LogP contribution in [0.4, 0.5) is 0 Å². The van der Waals surface area contributed by atoms with Gasteiger partial charge in [-0.15, -0.1) is 22.7 Å². The van der Waals surface area contributed by atoms with Gasteiger partial charge in [-0.25, -0.2) is 13.4 Å². The van der Waals surface area contributed by atoms with Crippen molar-refractivity contribution in [2.24, 2.45) is 5.92 Å². The Kier molecular flexibility index (Phi) is 6.86. The zero-order valence-corrected chi connectivity index (χ0v) is 19.7. The van der Waals surface area contributed by atoms with E-state index in [9.17, 15) is 13.2 Å². The topological polar surface area (TPSA) is 79.4 Å². The van der Waals surface area contributed by atoms with Gasteiger partial charge in [0.15, 0.2) is 0 Å². The third-order valence-corrected chi connectivity index (χ3v) is 9.45. The van der Waals surface area contributed by atoms with Crippen molar-refractivity contribution in [2.45, 2.75) is 37.6 Å². The summed E-state index contributed by atoms with van der Waals surface area (Å²) in [5.74, 6) is -0.208. The average molecular weight is 476 g/mol.